The zero-order chi connectivity index (χ0) is 15.1. The molecular formula is C17H27NO3. The van der Waals surface area contributed by atoms with Gasteiger partial charge in [0.15, 0.2) is 18.3 Å². The number of methoxy groups -OCH3 is 1. The fourth-order valence-electron chi connectivity index (χ4n) is 2.05. The topological polar surface area (TPSA) is 39.7 Å². The zero-order valence-electron chi connectivity index (χ0n) is 13.4. The SMILES string of the molecule is COc1ccc(CNCC(C)C)cc1OCOCC1CC1. The van der Waals surface area contributed by atoms with Crippen LogP contribution in [-0.4, -0.2) is 27.1 Å². The van der Waals surface area contributed by atoms with Crippen LogP contribution in [0.4, 0.5) is 0 Å². The average Bonchev–Trinajstić information content (AvgIpc) is 3.27. The van der Waals surface area contributed by atoms with E-state index < -0.39 is 0 Å². The number of hydrogen-bond donors (Lipinski definition) is 1. The van der Waals surface area contributed by atoms with Crippen molar-refractivity contribution in [3.05, 3.63) is 23.8 Å². The molecule has 1 N–H and O–H groups in total. The Morgan fingerprint density at radius 3 is 2.71 bits per heavy atom. The maximum Gasteiger partial charge on any atom is 0.189 e. The van der Waals surface area contributed by atoms with E-state index in [0.29, 0.717) is 5.92 Å². The molecule has 0 atom stereocenters. The molecule has 0 unspecified atom stereocenters. The molecule has 0 aromatic heterocycles. The van der Waals surface area contributed by atoms with Crippen LogP contribution in [0.15, 0.2) is 18.2 Å². The lowest BCUT2D eigenvalue weighted by atomic mass is 10.2. The second-order valence-corrected chi connectivity index (χ2v) is 6.09. The summed E-state index contributed by atoms with van der Waals surface area (Å²) in [5.41, 5.74) is 1.19. The van der Waals surface area contributed by atoms with Gasteiger partial charge in [0, 0.05) is 6.54 Å². The van der Waals surface area contributed by atoms with Crippen LogP contribution in [0.5, 0.6) is 11.5 Å². The van der Waals surface area contributed by atoms with E-state index in [4.69, 9.17) is 14.2 Å². The largest absolute Gasteiger partial charge is 0.493 e. The third kappa shape index (κ3) is 5.94. The van der Waals surface area contributed by atoms with Crippen molar-refractivity contribution in [2.75, 3.05) is 27.1 Å². The summed E-state index contributed by atoms with van der Waals surface area (Å²) < 4.78 is 16.6. The zero-order valence-corrected chi connectivity index (χ0v) is 13.4. The molecule has 118 valence electrons. The van der Waals surface area contributed by atoms with Crippen molar-refractivity contribution in [2.24, 2.45) is 11.8 Å². The summed E-state index contributed by atoms with van der Waals surface area (Å²) in [6.45, 7) is 7.33. The van der Waals surface area contributed by atoms with Crippen LogP contribution in [0.3, 0.4) is 0 Å². The molecule has 4 nitrogen and oxygen atoms in total. The molecule has 2 rings (SSSR count). The first-order valence-electron chi connectivity index (χ1n) is 7.77. The number of hydrogen-bond acceptors (Lipinski definition) is 4. The van der Waals surface area contributed by atoms with Gasteiger partial charge in [-0.2, -0.15) is 0 Å². The van der Waals surface area contributed by atoms with E-state index in [-0.39, 0.29) is 6.79 Å². The molecule has 0 saturated heterocycles. The van der Waals surface area contributed by atoms with Crippen molar-refractivity contribution in [3.63, 3.8) is 0 Å². The molecule has 21 heavy (non-hydrogen) atoms. The first-order chi connectivity index (χ1) is 10.2. The van der Waals surface area contributed by atoms with Crippen molar-refractivity contribution in [3.8, 4) is 11.5 Å². The van der Waals surface area contributed by atoms with Gasteiger partial charge in [0.25, 0.3) is 0 Å². The Balaban J connectivity index is 1.83. The summed E-state index contributed by atoms with van der Waals surface area (Å²) >= 11 is 0. The lowest BCUT2D eigenvalue weighted by Gasteiger charge is -2.13. The number of ether oxygens (including phenoxy) is 3. The van der Waals surface area contributed by atoms with Gasteiger partial charge in [0.05, 0.1) is 13.7 Å². The van der Waals surface area contributed by atoms with E-state index in [2.05, 4.69) is 25.2 Å². The molecule has 1 aromatic carbocycles. The van der Waals surface area contributed by atoms with E-state index in [1.807, 2.05) is 12.1 Å². The van der Waals surface area contributed by atoms with Crippen molar-refractivity contribution in [1.29, 1.82) is 0 Å². The Labute approximate surface area is 127 Å². The minimum Gasteiger partial charge on any atom is -0.493 e. The molecule has 1 saturated carbocycles. The van der Waals surface area contributed by atoms with Crippen LogP contribution in [0, 0.1) is 11.8 Å². The van der Waals surface area contributed by atoms with Crippen molar-refractivity contribution in [2.45, 2.75) is 33.2 Å². The van der Waals surface area contributed by atoms with E-state index >= 15 is 0 Å². The Kier molecular flexibility index (Phi) is 6.33. The predicted molar refractivity (Wildman–Crippen MR) is 83.7 cm³/mol. The normalized spacial score (nSPS) is 14.5. The van der Waals surface area contributed by atoms with Gasteiger partial charge < -0.3 is 19.5 Å². The third-order valence-corrected chi connectivity index (χ3v) is 3.46. The minimum atomic E-state index is 0.287. The smallest absolute Gasteiger partial charge is 0.189 e. The van der Waals surface area contributed by atoms with Crippen LogP contribution >= 0.6 is 0 Å². The van der Waals surface area contributed by atoms with Crippen LogP contribution < -0.4 is 14.8 Å². The van der Waals surface area contributed by atoms with E-state index in [1.165, 1.54) is 18.4 Å². The molecule has 1 aliphatic carbocycles. The fourth-order valence-corrected chi connectivity index (χ4v) is 2.05. The molecule has 0 spiro atoms. The highest BCUT2D eigenvalue weighted by atomic mass is 16.7. The van der Waals surface area contributed by atoms with Gasteiger partial charge >= 0.3 is 0 Å². The molecule has 0 aliphatic heterocycles. The average molecular weight is 293 g/mol. The van der Waals surface area contributed by atoms with Crippen LogP contribution in [0.25, 0.3) is 0 Å². The first kappa shape index (κ1) is 16.1. The maximum absolute atomic E-state index is 5.70. The lowest BCUT2D eigenvalue weighted by Crippen LogP contribution is -2.19. The van der Waals surface area contributed by atoms with Crippen LogP contribution in [0.2, 0.25) is 0 Å². The maximum atomic E-state index is 5.70. The first-order valence-corrected chi connectivity index (χ1v) is 7.77. The summed E-state index contributed by atoms with van der Waals surface area (Å²) in [6.07, 6.45) is 2.58. The fraction of sp³-hybridized carbons (Fsp3) is 0.647. The third-order valence-electron chi connectivity index (χ3n) is 3.46. The Morgan fingerprint density at radius 1 is 1.24 bits per heavy atom. The van der Waals surface area contributed by atoms with Gasteiger partial charge in [0.1, 0.15) is 0 Å². The Hall–Kier alpha value is -1.26. The molecule has 0 radical (unpaired) electrons. The Morgan fingerprint density at radius 2 is 2.05 bits per heavy atom. The van der Waals surface area contributed by atoms with Crippen molar-refractivity contribution in [1.82, 2.24) is 5.32 Å². The summed E-state index contributed by atoms with van der Waals surface area (Å²) in [4.78, 5) is 0. The number of benzene rings is 1. The van der Waals surface area contributed by atoms with Gasteiger partial charge in [-0.3, -0.25) is 0 Å². The molecule has 0 heterocycles. The van der Waals surface area contributed by atoms with Gasteiger partial charge in [-0.25, -0.2) is 0 Å². The molecule has 0 amide bonds. The quantitative estimate of drug-likeness (QED) is 0.531. The van der Waals surface area contributed by atoms with Gasteiger partial charge in [-0.15, -0.1) is 0 Å². The molecule has 4 heteroatoms. The predicted octanol–water partition coefficient (Wildman–Crippen LogP) is 3.20. The van der Waals surface area contributed by atoms with Gasteiger partial charge in [0.2, 0.25) is 0 Å². The standard InChI is InChI=1S/C17H27NO3/c1-13(2)9-18-10-15-6-7-16(19-3)17(8-15)21-12-20-11-14-4-5-14/h6-8,13-14,18H,4-5,9-12H2,1-3H3. The number of rotatable bonds is 10. The second kappa shape index (κ2) is 8.25. The van der Waals surface area contributed by atoms with Gasteiger partial charge in [-0.05, 0) is 48.9 Å². The van der Waals surface area contributed by atoms with Crippen LogP contribution in [0.1, 0.15) is 32.3 Å². The summed E-state index contributed by atoms with van der Waals surface area (Å²) in [7, 11) is 1.66. The molecule has 1 aliphatic rings. The molecule has 1 aromatic rings. The molecular weight excluding hydrogens is 266 g/mol. The van der Waals surface area contributed by atoms with E-state index in [0.717, 1.165) is 37.1 Å². The highest BCUT2D eigenvalue weighted by Gasteiger charge is 2.21. The summed E-state index contributed by atoms with van der Waals surface area (Å²) in [6, 6.07) is 6.03. The lowest BCUT2D eigenvalue weighted by molar-refractivity contribution is 0.00862. The summed E-state index contributed by atoms with van der Waals surface area (Å²) in [5.74, 6) is 2.90. The molecule has 0 bridgehead atoms. The monoisotopic (exact) mass is 293 g/mol. The van der Waals surface area contributed by atoms with Crippen molar-refractivity contribution >= 4 is 0 Å². The minimum absolute atomic E-state index is 0.287. The van der Waals surface area contributed by atoms with Crippen LogP contribution in [-0.2, 0) is 11.3 Å². The number of nitrogens with one attached hydrogen (secondary N) is 1. The summed E-state index contributed by atoms with van der Waals surface area (Å²) in [5, 5.41) is 3.43. The highest BCUT2D eigenvalue weighted by Crippen LogP contribution is 2.30. The van der Waals surface area contributed by atoms with Crippen molar-refractivity contribution < 1.29 is 14.2 Å². The second-order valence-electron chi connectivity index (χ2n) is 6.09. The Bertz CT molecular complexity index is 430. The highest BCUT2D eigenvalue weighted by molar-refractivity contribution is 5.42. The van der Waals surface area contributed by atoms with E-state index in [1.54, 1.807) is 7.11 Å². The molecule has 1 fully saturated rings. The van der Waals surface area contributed by atoms with E-state index in [9.17, 15) is 0 Å². The van der Waals surface area contributed by atoms with Gasteiger partial charge in [-0.1, -0.05) is 19.9 Å².